The maximum Gasteiger partial charge on any atom is 0.196 e. The Hall–Kier alpha value is -3.94. The van der Waals surface area contributed by atoms with E-state index in [2.05, 4.69) is 125 Å². The molecule has 0 saturated carbocycles. The molecule has 0 heterocycles. The summed E-state index contributed by atoms with van der Waals surface area (Å²) in [4.78, 5) is 37.4. The van der Waals surface area contributed by atoms with Gasteiger partial charge in [-0.1, -0.05) is 118 Å². The Morgan fingerprint density at radius 1 is 0.292 bits per heavy atom. The third-order valence-electron chi connectivity index (χ3n) is 8.16. The fourth-order valence-corrected chi connectivity index (χ4v) is 9.39. The van der Waals surface area contributed by atoms with Gasteiger partial charge in [0.05, 0.1) is 0 Å². The van der Waals surface area contributed by atoms with Gasteiger partial charge in [-0.15, -0.1) is 0 Å². The van der Waals surface area contributed by atoms with Crippen LogP contribution in [0, 0.1) is 27.7 Å². The normalized spacial score (nSPS) is 12.2. The first-order valence-corrected chi connectivity index (χ1v) is 18.9. The van der Waals surface area contributed by atoms with E-state index < -0.39 is 0 Å². The number of benzene rings is 6. The van der Waals surface area contributed by atoms with Crippen molar-refractivity contribution < 1.29 is 9.59 Å². The van der Waals surface area contributed by atoms with Crippen LogP contribution in [-0.2, 0) is 0 Å². The molecule has 0 N–H and O–H groups in total. The molecule has 6 heteroatoms. The van der Waals surface area contributed by atoms with Crippen LogP contribution in [0.15, 0.2) is 160 Å². The molecule has 0 bridgehead atoms. The highest BCUT2D eigenvalue weighted by atomic mass is 32.2. The standard InChI is InChI=1S/C42H32O2S4/c1-25-5-13-29(14-6-25)45-33-21-22-34(46-30-15-7-26(2)8-16-30)38-37(33)41(43)39-35(47-31-17-9-27(3)10-18-31)23-24-36(40(39)42(38)44)48-32-19-11-28(4)12-20-32/h5-24H,1-4H3. The third kappa shape index (κ3) is 6.81. The number of fused-ring (bicyclic) bond motifs is 2. The maximum absolute atomic E-state index is 15.1. The minimum Gasteiger partial charge on any atom is -0.288 e. The molecule has 1 aliphatic rings. The summed E-state index contributed by atoms with van der Waals surface area (Å²) >= 11 is 6.13. The predicted octanol–water partition coefficient (Wildman–Crippen LogP) is 12.3. The lowest BCUT2D eigenvalue weighted by Crippen LogP contribution is -2.24. The van der Waals surface area contributed by atoms with Gasteiger partial charge in [0, 0.05) is 61.4 Å². The fourth-order valence-electron chi connectivity index (χ4n) is 5.55. The van der Waals surface area contributed by atoms with E-state index in [4.69, 9.17) is 0 Å². The van der Waals surface area contributed by atoms with Crippen molar-refractivity contribution in [1.29, 1.82) is 0 Å². The summed E-state index contributed by atoms with van der Waals surface area (Å²) in [7, 11) is 0. The average molecular weight is 697 g/mol. The Bertz CT molecular complexity index is 1860. The van der Waals surface area contributed by atoms with E-state index in [1.165, 1.54) is 69.3 Å². The number of ketones is 2. The SMILES string of the molecule is Cc1ccc(Sc2ccc(Sc3ccc(C)cc3)c3c2C(=O)c2c(Sc4ccc(C)cc4)ccc(Sc4ccc(C)cc4)c2C3=O)cc1. The number of hydrogen-bond donors (Lipinski definition) is 0. The maximum atomic E-state index is 15.1. The minimum atomic E-state index is -0.110. The molecule has 0 unspecified atom stereocenters. The summed E-state index contributed by atoms with van der Waals surface area (Å²) in [5, 5.41) is 0. The van der Waals surface area contributed by atoms with Crippen LogP contribution >= 0.6 is 47.0 Å². The van der Waals surface area contributed by atoms with E-state index in [1.807, 2.05) is 24.3 Å². The second-order valence-corrected chi connectivity index (χ2v) is 16.4. The lowest BCUT2D eigenvalue weighted by atomic mass is 9.84. The molecule has 0 spiro atoms. The van der Waals surface area contributed by atoms with Gasteiger partial charge in [-0.05, 0) is 100 Å². The molecule has 2 nitrogen and oxygen atoms in total. The van der Waals surface area contributed by atoms with E-state index in [0.717, 1.165) is 39.2 Å². The Balaban J connectivity index is 1.42. The first kappa shape index (κ1) is 32.6. The average Bonchev–Trinajstić information content (AvgIpc) is 3.08. The smallest absolute Gasteiger partial charge is 0.196 e. The van der Waals surface area contributed by atoms with Crippen LogP contribution < -0.4 is 0 Å². The fraction of sp³-hybridized carbons (Fsp3) is 0.0952. The van der Waals surface area contributed by atoms with Crippen molar-refractivity contribution in [3.05, 3.63) is 166 Å². The van der Waals surface area contributed by atoms with Crippen molar-refractivity contribution in [2.24, 2.45) is 0 Å². The first-order valence-electron chi connectivity index (χ1n) is 15.6. The first-order chi connectivity index (χ1) is 23.2. The van der Waals surface area contributed by atoms with E-state index >= 15 is 9.59 Å². The topological polar surface area (TPSA) is 34.1 Å². The molecule has 0 radical (unpaired) electrons. The monoisotopic (exact) mass is 696 g/mol. The number of carbonyl (C=O) groups excluding carboxylic acids is 2. The molecular weight excluding hydrogens is 665 g/mol. The van der Waals surface area contributed by atoms with Crippen LogP contribution in [0.3, 0.4) is 0 Å². The highest BCUT2D eigenvalue weighted by Gasteiger charge is 2.38. The van der Waals surface area contributed by atoms with Crippen molar-refractivity contribution in [2.75, 3.05) is 0 Å². The van der Waals surface area contributed by atoms with Crippen molar-refractivity contribution in [1.82, 2.24) is 0 Å². The molecule has 7 rings (SSSR count). The van der Waals surface area contributed by atoms with Gasteiger partial charge in [-0.25, -0.2) is 0 Å². The van der Waals surface area contributed by atoms with Gasteiger partial charge in [0.25, 0.3) is 0 Å². The molecule has 0 fully saturated rings. The molecule has 1 aliphatic carbocycles. The quantitative estimate of drug-likeness (QED) is 0.157. The summed E-state index contributed by atoms with van der Waals surface area (Å²) in [5.41, 5.74) is 6.62. The number of hydrogen-bond acceptors (Lipinski definition) is 6. The van der Waals surface area contributed by atoms with Crippen LogP contribution in [0.4, 0.5) is 0 Å². The highest BCUT2D eigenvalue weighted by Crippen LogP contribution is 2.48. The Morgan fingerprint density at radius 3 is 0.667 bits per heavy atom. The Morgan fingerprint density at radius 2 is 0.479 bits per heavy atom. The zero-order valence-electron chi connectivity index (χ0n) is 27.0. The molecule has 48 heavy (non-hydrogen) atoms. The molecular formula is C42H32O2S4. The van der Waals surface area contributed by atoms with Crippen molar-refractivity contribution in [3.8, 4) is 0 Å². The number of carbonyl (C=O) groups is 2. The molecule has 0 aliphatic heterocycles. The number of rotatable bonds is 8. The summed E-state index contributed by atoms with van der Waals surface area (Å²) in [6.07, 6.45) is 0. The van der Waals surface area contributed by atoms with Crippen LogP contribution in [-0.4, -0.2) is 11.6 Å². The second-order valence-electron chi connectivity index (χ2n) is 11.9. The molecule has 236 valence electrons. The van der Waals surface area contributed by atoms with Crippen LogP contribution in [0.2, 0.25) is 0 Å². The third-order valence-corrected chi connectivity index (χ3v) is 12.4. The summed E-state index contributed by atoms with van der Waals surface area (Å²) < 4.78 is 0. The summed E-state index contributed by atoms with van der Waals surface area (Å²) in [6, 6.07) is 41.2. The van der Waals surface area contributed by atoms with Crippen LogP contribution in [0.25, 0.3) is 0 Å². The van der Waals surface area contributed by atoms with Crippen molar-refractivity contribution >= 4 is 58.6 Å². The second kappa shape index (κ2) is 13.9. The van der Waals surface area contributed by atoms with Gasteiger partial charge in [-0.3, -0.25) is 9.59 Å². The number of aryl methyl sites for hydroxylation is 4. The summed E-state index contributed by atoms with van der Waals surface area (Å²) in [5.74, 6) is -0.219. The van der Waals surface area contributed by atoms with Gasteiger partial charge in [-0.2, -0.15) is 0 Å². The van der Waals surface area contributed by atoms with Crippen molar-refractivity contribution in [3.63, 3.8) is 0 Å². The molecule has 0 atom stereocenters. The molecule has 6 aromatic rings. The Labute approximate surface area is 299 Å². The van der Waals surface area contributed by atoms with Gasteiger partial charge >= 0.3 is 0 Å². The minimum absolute atomic E-state index is 0.110. The predicted molar refractivity (Wildman–Crippen MR) is 201 cm³/mol. The van der Waals surface area contributed by atoms with Crippen LogP contribution in [0.1, 0.15) is 54.1 Å². The molecule has 0 aromatic heterocycles. The van der Waals surface area contributed by atoms with Crippen LogP contribution in [0.5, 0.6) is 0 Å². The lowest BCUT2D eigenvalue weighted by Gasteiger charge is -2.26. The molecule has 6 aromatic carbocycles. The van der Waals surface area contributed by atoms with Gasteiger partial charge < -0.3 is 0 Å². The zero-order chi connectivity index (χ0) is 33.4. The zero-order valence-corrected chi connectivity index (χ0v) is 30.3. The lowest BCUT2D eigenvalue weighted by molar-refractivity contribution is 0.0970. The largest absolute Gasteiger partial charge is 0.288 e. The highest BCUT2D eigenvalue weighted by molar-refractivity contribution is 8.00. The molecule has 0 saturated heterocycles. The van der Waals surface area contributed by atoms with Gasteiger partial charge in [0.2, 0.25) is 0 Å². The van der Waals surface area contributed by atoms with Gasteiger partial charge in [0.15, 0.2) is 11.6 Å². The summed E-state index contributed by atoms with van der Waals surface area (Å²) in [6.45, 7) is 8.25. The van der Waals surface area contributed by atoms with Crippen molar-refractivity contribution in [2.45, 2.75) is 66.9 Å². The van der Waals surface area contributed by atoms with E-state index in [0.29, 0.717) is 22.3 Å². The molecule has 0 amide bonds. The van der Waals surface area contributed by atoms with E-state index in [1.54, 1.807) is 0 Å². The van der Waals surface area contributed by atoms with E-state index in [-0.39, 0.29) is 11.6 Å². The van der Waals surface area contributed by atoms with Gasteiger partial charge in [0.1, 0.15) is 0 Å². The van der Waals surface area contributed by atoms with E-state index in [9.17, 15) is 0 Å². The Kier molecular flexibility index (Phi) is 9.43.